The van der Waals surface area contributed by atoms with Crippen molar-refractivity contribution in [2.45, 2.75) is 13.3 Å². The molecule has 0 spiro atoms. The van der Waals surface area contributed by atoms with Crippen LogP contribution in [0.3, 0.4) is 0 Å². The maximum atomic E-state index is 11.4. The van der Waals surface area contributed by atoms with Gasteiger partial charge >= 0.3 is 0 Å². The van der Waals surface area contributed by atoms with Crippen LogP contribution < -0.4 is 4.72 Å². The van der Waals surface area contributed by atoms with E-state index in [0.29, 0.717) is 6.42 Å². The Labute approximate surface area is 97.9 Å². The summed E-state index contributed by atoms with van der Waals surface area (Å²) < 4.78 is 25.0. The molecule has 0 amide bonds. The summed E-state index contributed by atoms with van der Waals surface area (Å²) in [6.07, 6.45) is 0.516. The van der Waals surface area contributed by atoms with Crippen molar-refractivity contribution in [3.63, 3.8) is 0 Å². The Kier molecular flexibility index (Phi) is 4.12. The number of hydrogen-bond donors (Lipinski definition) is 1. The van der Waals surface area contributed by atoms with E-state index in [2.05, 4.69) is 14.7 Å². The van der Waals surface area contributed by atoms with E-state index in [1.54, 1.807) is 6.92 Å². The summed E-state index contributed by atoms with van der Waals surface area (Å²) in [6.45, 7) is 1.76. The summed E-state index contributed by atoms with van der Waals surface area (Å²) in [5.74, 6) is 0.0973. The average Bonchev–Trinajstić information content (AvgIpc) is 1.99. The molecule has 0 radical (unpaired) electrons. The lowest BCUT2D eigenvalue weighted by molar-refractivity contribution is 0.599. The molecule has 0 unspecified atom stereocenters. The van der Waals surface area contributed by atoms with E-state index in [-0.39, 0.29) is 22.0 Å². The van der Waals surface area contributed by atoms with Gasteiger partial charge in [-0.15, -0.1) is 0 Å². The first-order chi connectivity index (χ1) is 6.93. The molecule has 0 atom stereocenters. The summed E-state index contributed by atoms with van der Waals surface area (Å²) in [5, 5.41) is -0.0131. The Balaban J connectivity index is 2.90. The van der Waals surface area contributed by atoms with Crippen molar-refractivity contribution in [3.05, 3.63) is 16.5 Å². The molecule has 0 bridgehead atoms. The van der Waals surface area contributed by atoms with Gasteiger partial charge in [0.25, 0.3) is 0 Å². The molecule has 1 N–H and O–H groups in total. The normalized spacial score (nSPS) is 11.4. The zero-order valence-corrected chi connectivity index (χ0v) is 10.2. The number of anilines is 1. The molecule has 1 heterocycles. The quantitative estimate of drug-likeness (QED) is 0.670. The minimum Gasteiger partial charge on any atom is -0.267 e. The number of aromatic nitrogens is 2. The Bertz CT molecular complexity index is 429. The fourth-order valence-electron chi connectivity index (χ4n) is 0.921. The molecule has 15 heavy (non-hydrogen) atoms. The topological polar surface area (TPSA) is 72.0 Å². The van der Waals surface area contributed by atoms with Crippen molar-refractivity contribution in [2.24, 2.45) is 0 Å². The third kappa shape index (κ3) is 4.19. The fraction of sp³-hybridized carbons (Fsp3) is 0.429. The van der Waals surface area contributed by atoms with Gasteiger partial charge in [0.15, 0.2) is 0 Å². The molecule has 1 rings (SSSR count). The fourth-order valence-corrected chi connectivity index (χ4v) is 2.39. The standard InChI is InChI=1S/C7H9Cl2N3O2S/c1-2-3-15(13,14)12-6-4-5(8)10-7(9)11-6/h4H,2-3H2,1H3,(H,10,11,12). The van der Waals surface area contributed by atoms with Gasteiger partial charge in [0.2, 0.25) is 15.3 Å². The predicted molar refractivity (Wildman–Crippen MR) is 59.8 cm³/mol. The van der Waals surface area contributed by atoms with Gasteiger partial charge in [-0.1, -0.05) is 18.5 Å². The largest absolute Gasteiger partial charge is 0.267 e. The first-order valence-electron chi connectivity index (χ1n) is 4.13. The average molecular weight is 270 g/mol. The molecule has 0 saturated heterocycles. The molecule has 0 aliphatic carbocycles. The maximum Gasteiger partial charge on any atom is 0.233 e. The van der Waals surface area contributed by atoms with Crippen LogP contribution in [0.15, 0.2) is 6.07 Å². The lowest BCUT2D eigenvalue weighted by atomic mass is 10.6. The predicted octanol–water partition coefficient (Wildman–Crippen LogP) is 1.94. The van der Waals surface area contributed by atoms with Crippen LogP contribution in [0, 0.1) is 0 Å². The van der Waals surface area contributed by atoms with E-state index in [4.69, 9.17) is 23.2 Å². The van der Waals surface area contributed by atoms with Crippen molar-refractivity contribution in [2.75, 3.05) is 10.5 Å². The molecule has 5 nitrogen and oxygen atoms in total. The third-order valence-corrected chi connectivity index (χ3v) is 3.23. The molecule has 8 heteroatoms. The highest BCUT2D eigenvalue weighted by molar-refractivity contribution is 7.92. The lowest BCUT2D eigenvalue weighted by Gasteiger charge is -2.05. The second-order valence-electron chi connectivity index (χ2n) is 2.77. The molecule has 0 fully saturated rings. The number of halogens is 2. The van der Waals surface area contributed by atoms with E-state index in [1.165, 1.54) is 6.07 Å². The SMILES string of the molecule is CCCS(=O)(=O)Nc1cc(Cl)nc(Cl)n1. The summed E-state index contributed by atoms with van der Waals surface area (Å²) in [6, 6.07) is 1.29. The van der Waals surface area contributed by atoms with Gasteiger partial charge in [0, 0.05) is 6.07 Å². The van der Waals surface area contributed by atoms with Gasteiger partial charge in [0.1, 0.15) is 11.0 Å². The highest BCUT2D eigenvalue weighted by Crippen LogP contribution is 2.15. The van der Waals surface area contributed by atoms with Crippen LogP contribution >= 0.6 is 23.2 Å². The number of nitrogens with one attached hydrogen (secondary N) is 1. The highest BCUT2D eigenvalue weighted by atomic mass is 35.5. The van der Waals surface area contributed by atoms with Crippen LogP contribution in [0.5, 0.6) is 0 Å². The van der Waals surface area contributed by atoms with Crippen LogP contribution in [0.2, 0.25) is 10.4 Å². The van der Waals surface area contributed by atoms with Crippen LogP contribution in [-0.2, 0) is 10.0 Å². The smallest absolute Gasteiger partial charge is 0.233 e. The monoisotopic (exact) mass is 269 g/mol. The van der Waals surface area contributed by atoms with Crippen molar-refractivity contribution in [1.29, 1.82) is 0 Å². The van der Waals surface area contributed by atoms with Gasteiger partial charge in [-0.3, -0.25) is 4.72 Å². The number of sulfonamides is 1. The zero-order valence-electron chi connectivity index (χ0n) is 7.87. The lowest BCUT2D eigenvalue weighted by Crippen LogP contribution is -2.17. The van der Waals surface area contributed by atoms with Gasteiger partial charge in [-0.2, -0.15) is 4.98 Å². The summed E-state index contributed by atoms with van der Waals surface area (Å²) in [7, 11) is -3.38. The third-order valence-electron chi connectivity index (χ3n) is 1.40. The minimum atomic E-state index is -3.38. The Hall–Kier alpha value is -0.590. The second kappa shape index (κ2) is 4.96. The first-order valence-corrected chi connectivity index (χ1v) is 6.54. The van der Waals surface area contributed by atoms with E-state index in [1.807, 2.05) is 0 Å². The van der Waals surface area contributed by atoms with E-state index in [9.17, 15) is 8.42 Å². The molecule has 0 aliphatic rings. The molecular formula is C7H9Cl2N3O2S. The second-order valence-corrected chi connectivity index (χ2v) is 5.33. The van der Waals surface area contributed by atoms with Gasteiger partial charge in [-0.25, -0.2) is 13.4 Å². The Morgan fingerprint density at radius 3 is 2.60 bits per heavy atom. The van der Waals surface area contributed by atoms with E-state index < -0.39 is 10.0 Å². The summed E-state index contributed by atoms with van der Waals surface area (Å²) >= 11 is 11.1. The number of hydrogen-bond acceptors (Lipinski definition) is 4. The summed E-state index contributed by atoms with van der Waals surface area (Å²) in [4.78, 5) is 7.28. The molecule has 1 aromatic rings. The van der Waals surface area contributed by atoms with E-state index in [0.717, 1.165) is 0 Å². The molecule has 84 valence electrons. The molecule has 0 saturated carbocycles. The van der Waals surface area contributed by atoms with Crippen molar-refractivity contribution >= 4 is 39.0 Å². The Morgan fingerprint density at radius 1 is 1.40 bits per heavy atom. The van der Waals surface area contributed by atoms with E-state index >= 15 is 0 Å². The van der Waals surface area contributed by atoms with Crippen molar-refractivity contribution in [3.8, 4) is 0 Å². The van der Waals surface area contributed by atoms with Crippen molar-refractivity contribution < 1.29 is 8.42 Å². The van der Waals surface area contributed by atoms with Crippen molar-refractivity contribution in [1.82, 2.24) is 9.97 Å². The maximum absolute atomic E-state index is 11.4. The van der Waals surface area contributed by atoms with Crippen LogP contribution in [-0.4, -0.2) is 24.1 Å². The van der Waals surface area contributed by atoms with Gasteiger partial charge in [-0.05, 0) is 18.0 Å². The molecule has 0 aliphatic heterocycles. The number of nitrogens with zero attached hydrogens (tertiary/aromatic N) is 2. The highest BCUT2D eigenvalue weighted by Gasteiger charge is 2.10. The minimum absolute atomic E-state index is 0.0201. The van der Waals surface area contributed by atoms with Crippen LogP contribution in [0.1, 0.15) is 13.3 Å². The zero-order chi connectivity index (χ0) is 11.5. The Morgan fingerprint density at radius 2 is 2.07 bits per heavy atom. The van der Waals surface area contributed by atoms with Gasteiger partial charge < -0.3 is 0 Å². The molecule has 1 aromatic heterocycles. The van der Waals surface area contributed by atoms with Crippen LogP contribution in [0.4, 0.5) is 5.82 Å². The number of rotatable bonds is 4. The molecular weight excluding hydrogens is 261 g/mol. The molecule has 0 aromatic carbocycles. The summed E-state index contributed by atoms with van der Waals surface area (Å²) in [5.41, 5.74) is 0. The van der Waals surface area contributed by atoms with Crippen LogP contribution in [0.25, 0.3) is 0 Å². The first kappa shape index (κ1) is 12.5. The van der Waals surface area contributed by atoms with Gasteiger partial charge in [0.05, 0.1) is 5.75 Å².